The number of likely N-dealkylation sites (tertiary alicyclic amines) is 1. The first-order chi connectivity index (χ1) is 14.4. The molecule has 30 heavy (non-hydrogen) atoms. The minimum atomic E-state index is -3.24. The van der Waals surface area contributed by atoms with Crippen LogP contribution in [0.1, 0.15) is 64.2 Å². The molecule has 0 aromatic rings. The Hall–Kier alpha value is -0.210. The maximum atomic E-state index is 13.3. The third-order valence-corrected chi connectivity index (χ3v) is 10.4. The topological polar surface area (TPSA) is 61.9 Å². The lowest BCUT2D eigenvalue weighted by molar-refractivity contribution is 0.0601. The van der Waals surface area contributed by atoms with Gasteiger partial charge in [0.05, 0.1) is 11.4 Å². The zero-order chi connectivity index (χ0) is 21.1. The minimum Gasteiger partial charge on any atom is -0.377 e. The molecule has 7 heteroatoms. The lowest BCUT2D eigenvalue weighted by atomic mass is 9.68. The lowest BCUT2D eigenvalue weighted by Crippen LogP contribution is -2.52. The summed E-state index contributed by atoms with van der Waals surface area (Å²) in [6.45, 7) is 4.74. The molecule has 2 saturated heterocycles. The summed E-state index contributed by atoms with van der Waals surface area (Å²) in [6.07, 6.45) is 11.6. The predicted molar refractivity (Wildman–Crippen MR) is 121 cm³/mol. The fourth-order valence-electron chi connectivity index (χ4n) is 6.73. The molecule has 174 valence electrons. The summed E-state index contributed by atoms with van der Waals surface area (Å²) in [5, 5.41) is -0.182. The van der Waals surface area contributed by atoms with Crippen molar-refractivity contribution in [2.24, 2.45) is 17.8 Å². The Balaban J connectivity index is 1.27. The summed E-state index contributed by atoms with van der Waals surface area (Å²) < 4.78 is 35.5. The van der Waals surface area contributed by atoms with Crippen molar-refractivity contribution < 1.29 is 13.2 Å². The number of hydrogen-bond acceptors (Lipinski definition) is 5. The SMILES string of the molecule is CN(C)C1CCCC2C1CCCC2S(=O)(=O)NCC1CCN(CC2CCCO2)CC1. The van der Waals surface area contributed by atoms with Crippen molar-refractivity contribution in [2.75, 3.05) is 46.9 Å². The Bertz CT molecular complexity index is 642. The van der Waals surface area contributed by atoms with Crippen molar-refractivity contribution in [2.45, 2.75) is 81.6 Å². The highest BCUT2D eigenvalue weighted by Crippen LogP contribution is 2.44. The van der Waals surface area contributed by atoms with Crippen LogP contribution in [0, 0.1) is 17.8 Å². The Morgan fingerprint density at radius 2 is 1.67 bits per heavy atom. The van der Waals surface area contributed by atoms with Crippen LogP contribution in [0.2, 0.25) is 0 Å². The van der Waals surface area contributed by atoms with Crippen LogP contribution in [0.15, 0.2) is 0 Å². The van der Waals surface area contributed by atoms with E-state index in [-0.39, 0.29) is 5.25 Å². The Morgan fingerprint density at radius 1 is 0.933 bits per heavy atom. The molecule has 4 rings (SSSR count). The second-order valence-corrected chi connectivity index (χ2v) is 12.5. The molecule has 2 aliphatic heterocycles. The summed E-state index contributed by atoms with van der Waals surface area (Å²) in [5.41, 5.74) is 0. The lowest BCUT2D eigenvalue weighted by Gasteiger charge is -2.47. The van der Waals surface area contributed by atoms with E-state index in [0.29, 0.717) is 36.4 Å². The first-order valence-corrected chi connectivity index (χ1v) is 14.0. The van der Waals surface area contributed by atoms with Gasteiger partial charge in [0, 0.05) is 25.7 Å². The molecular formula is C23H43N3O3S. The number of rotatable bonds is 7. The van der Waals surface area contributed by atoms with Gasteiger partial charge in [0.25, 0.3) is 0 Å². The maximum absolute atomic E-state index is 13.3. The quantitative estimate of drug-likeness (QED) is 0.658. The van der Waals surface area contributed by atoms with Gasteiger partial charge in [-0.2, -0.15) is 0 Å². The second-order valence-electron chi connectivity index (χ2n) is 10.5. The van der Waals surface area contributed by atoms with Gasteiger partial charge in [-0.15, -0.1) is 0 Å². The number of nitrogens with zero attached hydrogens (tertiary/aromatic N) is 2. The van der Waals surface area contributed by atoms with Gasteiger partial charge in [-0.3, -0.25) is 0 Å². The molecule has 1 N–H and O–H groups in total. The van der Waals surface area contributed by atoms with E-state index in [9.17, 15) is 8.42 Å². The largest absolute Gasteiger partial charge is 0.377 e. The van der Waals surface area contributed by atoms with Crippen molar-refractivity contribution in [3.05, 3.63) is 0 Å². The van der Waals surface area contributed by atoms with Gasteiger partial charge in [-0.1, -0.05) is 12.8 Å². The molecule has 2 aliphatic carbocycles. The molecule has 0 radical (unpaired) electrons. The van der Waals surface area contributed by atoms with Crippen LogP contribution in [-0.2, 0) is 14.8 Å². The maximum Gasteiger partial charge on any atom is 0.214 e. The van der Waals surface area contributed by atoms with E-state index in [1.54, 1.807) is 0 Å². The van der Waals surface area contributed by atoms with E-state index >= 15 is 0 Å². The molecule has 6 nitrogen and oxygen atoms in total. The van der Waals surface area contributed by atoms with Crippen molar-refractivity contribution in [1.82, 2.24) is 14.5 Å². The van der Waals surface area contributed by atoms with Crippen LogP contribution in [0.4, 0.5) is 0 Å². The molecule has 4 aliphatic rings. The summed E-state index contributed by atoms with van der Waals surface area (Å²) in [6, 6.07) is 0.551. The van der Waals surface area contributed by atoms with Crippen LogP contribution in [0.3, 0.4) is 0 Å². The molecule has 0 bridgehead atoms. The Morgan fingerprint density at radius 3 is 2.37 bits per heavy atom. The third kappa shape index (κ3) is 5.40. The number of fused-ring (bicyclic) bond motifs is 1. The fraction of sp³-hybridized carbons (Fsp3) is 1.00. The summed E-state index contributed by atoms with van der Waals surface area (Å²) in [7, 11) is 1.09. The van der Waals surface area contributed by atoms with Crippen molar-refractivity contribution in [3.8, 4) is 0 Å². The molecule has 2 saturated carbocycles. The molecule has 0 amide bonds. The van der Waals surface area contributed by atoms with Gasteiger partial charge in [-0.05, 0) is 96.3 Å². The van der Waals surface area contributed by atoms with Crippen LogP contribution in [-0.4, -0.2) is 82.5 Å². The smallest absolute Gasteiger partial charge is 0.214 e. The Labute approximate surface area is 184 Å². The zero-order valence-corrected chi connectivity index (χ0v) is 19.9. The highest BCUT2D eigenvalue weighted by atomic mass is 32.2. The van der Waals surface area contributed by atoms with Gasteiger partial charge in [0.15, 0.2) is 0 Å². The molecule has 2 heterocycles. The number of sulfonamides is 1. The number of piperidine rings is 1. The van der Waals surface area contributed by atoms with E-state index in [1.807, 2.05) is 0 Å². The molecule has 0 aromatic heterocycles. The van der Waals surface area contributed by atoms with E-state index < -0.39 is 10.0 Å². The van der Waals surface area contributed by atoms with Crippen LogP contribution in [0.25, 0.3) is 0 Å². The van der Waals surface area contributed by atoms with Crippen LogP contribution < -0.4 is 4.72 Å². The van der Waals surface area contributed by atoms with E-state index in [1.165, 1.54) is 32.1 Å². The van der Waals surface area contributed by atoms with Gasteiger partial charge in [0.1, 0.15) is 0 Å². The van der Waals surface area contributed by atoms with Gasteiger partial charge < -0.3 is 14.5 Å². The van der Waals surface area contributed by atoms with E-state index in [2.05, 4.69) is 28.6 Å². The minimum absolute atomic E-state index is 0.182. The molecule has 0 spiro atoms. The normalized spacial score (nSPS) is 36.8. The molecule has 5 atom stereocenters. The number of hydrogen-bond donors (Lipinski definition) is 1. The fourth-order valence-corrected chi connectivity index (χ4v) is 8.69. The Kier molecular flexibility index (Phi) is 7.77. The van der Waals surface area contributed by atoms with E-state index in [4.69, 9.17) is 4.74 Å². The first-order valence-electron chi connectivity index (χ1n) is 12.4. The van der Waals surface area contributed by atoms with Crippen molar-refractivity contribution >= 4 is 10.0 Å². The second kappa shape index (κ2) is 10.2. The first kappa shape index (κ1) is 23.0. The molecular weight excluding hydrogens is 398 g/mol. The van der Waals surface area contributed by atoms with Gasteiger partial charge in [-0.25, -0.2) is 13.1 Å². The molecule has 0 aromatic carbocycles. The molecule has 4 fully saturated rings. The van der Waals surface area contributed by atoms with Crippen molar-refractivity contribution in [1.29, 1.82) is 0 Å². The van der Waals surface area contributed by atoms with Crippen LogP contribution in [0.5, 0.6) is 0 Å². The highest BCUT2D eigenvalue weighted by Gasteiger charge is 2.45. The van der Waals surface area contributed by atoms with Crippen LogP contribution >= 0.6 is 0 Å². The van der Waals surface area contributed by atoms with E-state index in [0.717, 1.165) is 58.3 Å². The molecule has 5 unspecified atom stereocenters. The highest BCUT2D eigenvalue weighted by molar-refractivity contribution is 7.90. The third-order valence-electron chi connectivity index (χ3n) is 8.41. The standard InChI is InChI=1S/C23H43N3O3S/c1-25(2)22-9-3-8-21-20(22)7-4-10-23(21)30(27,28)24-16-18-11-13-26(14-12-18)17-19-6-5-15-29-19/h18-24H,3-17H2,1-2H3. The monoisotopic (exact) mass is 441 g/mol. The zero-order valence-electron chi connectivity index (χ0n) is 19.1. The summed E-state index contributed by atoms with van der Waals surface area (Å²) in [4.78, 5) is 4.85. The van der Waals surface area contributed by atoms with Crippen molar-refractivity contribution in [3.63, 3.8) is 0 Å². The number of nitrogens with one attached hydrogen (secondary N) is 1. The number of ether oxygens (including phenoxy) is 1. The average molecular weight is 442 g/mol. The predicted octanol–water partition coefficient (Wildman–Crippen LogP) is 2.70. The summed E-state index contributed by atoms with van der Waals surface area (Å²) >= 11 is 0. The summed E-state index contributed by atoms with van der Waals surface area (Å²) in [5.74, 6) is 1.36. The van der Waals surface area contributed by atoms with Gasteiger partial charge in [0.2, 0.25) is 10.0 Å². The average Bonchev–Trinajstić information content (AvgIpc) is 3.25. The van der Waals surface area contributed by atoms with Gasteiger partial charge >= 0.3 is 0 Å².